The summed E-state index contributed by atoms with van der Waals surface area (Å²) in [7, 11) is 1.74. The van der Waals surface area contributed by atoms with Crippen molar-refractivity contribution < 1.29 is 18.3 Å². The van der Waals surface area contributed by atoms with Crippen LogP contribution in [-0.2, 0) is 19.6 Å². The number of halogens is 3. The van der Waals surface area contributed by atoms with E-state index in [1.807, 2.05) is 0 Å². The Kier molecular flexibility index (Phi) is 3.61. The molecule has 102 valence electrons. The molecule has 0 saturated heterocycles. The molecule has 0 aliphatic heterocycles. The number of aromatic nitrogens is 2. The summed E-state index contributed by atoms with van der Waals surface area (Å²) in [6.07, 6.45) is -1.85. The zero-order chi connectivity index (χ0) is 14.0. The molecule has 1 atom stereocenters. The molecule has 1 aromatic heterocycles. The van der Waals surface area contributed by atoms with E-state index in [0.717, 1.165) is 17.7 Å². The van der Waals surface area contributed by atoms with Gasteiger partial charge in [0.15, 0.2) is 0 Å². The maximum absolute atomic E-state index is 12.6. The van der Waals surface area contributed by atoms with Gasteiger partial charge in [-0.05, 0) is 23.3 Å². The summed E-state index contributed by atoms with van der Waals surface area (Å²) in [5.74, 6) is 0. The van der Waals surface area contributed by atoms with E-state index < -0.39 is 17.8 Å². The van der Waals surface area contributed by atoms with Gasteiger partial charge < -0.3 is 5.11 Å². The topological polar surface area (TPSA) is 38.0 Å². The normalized spacial score (nSPS) is 13.5. The molecule has 0 radical (unpaired) electrons. The minimum absolute atomic E-state index is 0.231. The summed E-state index contributed by atoms with van der Waals surface area (Å²) in [4.78, 5) is 0. The van der Waals surface area contributed by atoms with E-state index in [-0.39, 0.29) is 12.0 Å². The summed E-state index contributed by atoms with van der Waals surface area (Å²) in [5, 5.41) is 13.9. The monoisotopic (exact) mass is 270 g/mol. The van der Waals surface area contributed by atoms with Gasteiger partial charge >= 0.3 is 6.18 Å². The van der Waals surface area contributed by atoms with Crippen LogP contribution >= 0.6 is 0 Å². The fourth-order valence-electron chi connectivity index (χ4n) is 1.84. The lowest BCUT2D eigenvalue weighted by atomic mass is 10.0. The van der Waals surface area contributed by atoms with Gasteiger partial charge in [-0.15, -0.1) is 0 Å². The van der Waals surface area contributed by atoms with E-state index in [1.54, 1.807) is 24.1 Å². The third kappa shape index (κ3) is 3.35. The first-order valence-corrected chi connectivity index (χ1v) is 5.69. The molecule has 0 bridgehead atoms. The van der Waals surface area contributed by atoms with E-state index in [1.165, 1.54) is 12.1 Å². The maximum atomic E-state index is 12.6. The van der Waals surface area contributed by atoms with Crippen LogP contribution in [0.3, 0.4) is 0 Å². The SMILES string of the molecule is Cn1cc(CC(O)c2cccc(C(F)(F)F)c2)cn1. The number of benzene rings is 1. The van der Waals surface area contributed by atoms with E-state index in [2.05, 4.69) is 5.10 Å². The van der Waals surface area contributed by atoms with Gasteiger partial charge in [-0.25, -0.2) is 0 Å². The first kappa shape index (κ1) is 13.6. The maximum Gasteiger partial charge on any atom is 0.416 e. The first-order chi connectivity index (χ1) is 8.86. The lowest BCUT2D eigenvalue weighted by Crippen LogP contribution is -2.07. The Hall–Kier alpha value is -1.82. The Labute approximate surface area is 108 Å². The molecule has 1 heterocycles. The summed E-state index contributed by atoms with van der Waals surface area (Å²) in [6, 6.07) is 4.74. The lowest BCUT2D eigenvalue weighted by molar-refractivity contribution is -0.137. The highest BCUT2D eigenvalue weighted by molar-refractivity contribution is 5.28. The standard InChI is InChI=1S/C13H13F3N2O/c1-18-8-9(7-17-18)5-12(19)10-3-2-4-11(6-10)13(14,15)16/h2-4,6-8,12,19H,5H2,1H3. The number of aliphatic hydroxyl groups is 1. The Bertz CT molecular complexity index is 563. The van der Waals surface area contributed by atoms with Crippen molar-refractivity contribution in [2.75, 3.05) is 0 Å². The molecule has 0 fully saturated rings. The van der Waals surface area contributed by atoms with Crippen LogP contribution in [0.15, 0.2) is 36.7 Å². The van der Waals surface area contributed by atoms with E-state index in [0.29, 0.717) is 0 Å². The van der Waals surface area contributed by atoms with Crippen molar-refractivity contribution in [2.45, 2.75) is 18.7 Å². The molecular weight excluding hydrogens is 257 g/mol. The zero-order valence-electron chi connectivity index (χ0n) is 10.2. The van der Waals surface area contributed by atoms with Crippen molar-refractivity contribution in [3.05, 3.63) is 53.3 Å². The number of nitrogens with zero attached hydrogens (tertiary/aromatic N) is 2. The van der Waals surface area contributed by atoms with Gasteiger partial charge in [0.25, 0.3) is 0 Å². The van der Waals surface area contributed by atoms with Crippen LogP contribution in [0.4, 0.5) is 13.2 Å². The third-order valence-electron chi connectivity index (χ3n) is 2.79. The highest BCUT2D eigenvalue weighted by Crippen LogP contribution is 2.31. The predicted octanol–water partition coefficient (Wildman–Crippen LogP) is 2.72. The van der Waals surface area contributed by atoms with Gasteiger partial charge in [-0.2, -0.15) is 18.3 Å². The van der Waals surface area contributed by atoms with Crippen molar-refractivity contribution in [3.8, 4) is 0 Å². The largest absolute Gasteiger partial charge is 0.416 e. The summed E-state index contributed by atoms with van der Waals surface area (Å²) >= 11 is 0. The molecular formula is C13H13F3N2O. The smallest absolute Gasteiger partial charge is 0.388 e. The second kappa shape index (κ2) is 5.05. The fourth-order valence-corrected chi connectivity index (χ4v) is 1.84. The lowest BCUT2D eigenvalue weighted by Gasteiger charge is -2.13. The van der Waals surface area contributed by atoms with Crippen LogP contribution in [0.5, 0.6) is 0 Å². The molecule has 3 nitrogen and oxygen atoms in total. The van der Waals surface area contributed by atoms with Gasteiger partial charge in [0.2, 0.25) is 0 Å². The molecule has 0 saturated carbocycles. The second-order valence-electron chi connectivity index (χ2n) is 4.37. The molecule has 19 heavy (non-hydrogen) atoms. The van der Waals surface area contributed by atoms with Crippen LogP contribution in [0.25, 0.3) is 0 Å². The highest BCUT2D eigenvalue weighted by atomic mass is 19.4. The predicted molar refractivity (Wildman–Crippen MR) is 63.3 cm³/mol. The minimum atomic E-state index is -4.40. The van der Waals surface area contributed by atoms with Gasteiger partial charge in [0, 0.05) is 19.7 Å². The first-order valence-electron chi connectivity index (χ1n) is 5.69. The Morgan fingerprint density at radius 1 is 1.37 bits per heavy atom. The molecule has 0 amide bonds. The van der Waals surface area contributed by atoms with E-state index in [9.17, 15) is 18.3 Å². The quantitative estimate of drug-likeness (QED) is 0.931. The summed E-state index contributed by atoms with van der Waals surface area (Å²) in [6.45, 7) is 0. The Morgan fingerprint density at radius 2 is 2.11 bits per heavy atom. The molecule has 2 rings (SSSR count). The molecule has 0 aliphatic rings. The van der Waals surface area contributed by atoms with Gasteiger partial charge in [-0.1, -0.05) is 12.1 Å². The second-order valence-corrected chi connectivity index (χ2v) is 4.37. The van der Waals surface area contributed by atoms with Crippen LogP contribution in [0.2, 0.25) is 0 Å². The molecule has 0 aliphatic carbocycles. The van der Waals surface area contributed by atoms with Crippen LogP contribution in [-0.4, -0.2) is 14.9 Å². The van der Waals surface area contributed by atoms with Crippen LogP contribution < -0.4 is 0 Å². The van der Waals surface area contributed by atoms with Gasteiger partial charge in [0.1, 0.15) is 0 Å². The third-order valence-corrected chi connectivity index (χ3v) is 2.79. The molecule has 2 aromatic rings. The Morgan fingerprint density at radius 3 is 2.68 bits per heavy atom. The van der Waals surface area contributed by atoms with E-state index in [4.69, 9.17) is 0 Å². The number of rotatable bonds is 3. The van der Waals surface area contributed by atoms with Crippen molar-refractivity contribution in [3.63, 3.8) is 0 Å². The highest BCUT2D eigenvalue weighted by Gasteiger charge is 2.30. The average Bonchev–Trinajstić information content (AvgIpc) is 2.74. The van der Waals surface area contributed by atoms with Crippen molar-refractivity contribution >= 4 is 0 Å². The molecule has 6 heteroatoms. The molecule has 1 aromatic carbocycles. The van der Waals surface area contributed by atoms with Crippen molar-refractivity contribution in [1.82, 2.24) is 9.78 Å². The van der Waals surface area contributed by atoms with Gasteiger partial charge in [0.05, 0.1) is 17.9 Å². The summed E-state index contributed by atoms with van der Waals surface area (Å²) in [5.41, 5.74) is 0.265. The van der Waals surface area contributed by atoms with Gasteiger partial charge in [-0.3, -0.25) is 4.68 Å². The number of hydrogen-bond donors (Lipinski definition) is 1. The average molecular weight is 270 g/mol. The van der Waals surface area contributed by atoms with Crippen molar-refractivity contribution in [2.24, 2.45) is 7.05 Å². The molecule has 1 N–H and O–H groups in total. The fraction of sp³-hybridized carbons (Fsp3) is 0.308. The van der Waals surface area contributed by atoms with Crippen LogP contribution in [0.1, 0.15) is 22.8 Å². The number of alkyl halides is 3. The number of aliphatic hydroxyl groups excluding tert-OH is 1. The summed E-state index contributed by atoms with van der Waals surface area (Å²) < 4.78 is 39.3. The van der Waals surface area contributed by atoms with E-state index >= 15 is 0 Å². The number of aryl methyl sites for hydroxylation is 1. The van der Waals surface area contributed by atoms with Crippen LogP contribution in [0, 0.1) is 0 Å². The van der Waals surface area contributed by atoms with Crippen molar-refractivity contribution in [1.29, 1.82) is 0 Å². The zero-order valence-corrected chi connectivity index (χ0v) is 10.2. The number of hydrogen-bond acceptors (Lipinski definition) is 2. The molecule has 1 unspecified atom stereocenters. The molecule has 0 spiro atoms. The Balaban J connectivity index is 2.17. The minimum Gasteiger partial charge on any atom is -0.388 e.